The van der Waals surface area contributed by atoms with Crippen molar-refractivity contribution in [3.8, 4) is 5.75 Å². The number of benzene rings is 1. The topological polar surface area (TPSA) is 21.3 Å². The quantitative estimate of drug-likeness (QED) is 0.828. The van der Waals surface area contributed by atoms with Crippen LogP contribution in [0.1, 0.15) is 57.1 Å². The molecule has 2 heteroatoms. The van der Waals surface area contributed by atoms with E-state index in [1.165, 1.54) is 43.2 Å². The molecule has 0 aromatic heterocycles. The maximum absolute atomic E-state index is 6.37. The lowest BCUT2D eigenvalue weighted by molar-refractivity contribution is 0.128. The van der Waals surface area contributed by atoms with Crippen molar-refractivity contribution in [3.63, 3.8) is 0 Å². The lowest BCUT2D eigenvalue weighted by atomic mass is 9.86. The van der Waals surface area contributed by atoms with Crippen molar-refractivity contribution in [2.24, 2.45) is 5.92 Å². The minimum absolute atomic E-state index is 0.416. The fraction of sp³-hybridized carbons (Fsp3) is 0.667. The zero-order valence-electron chi connectivity index (χ0n) is 13.2. The smallest absolute Gasteiger partial charge is 0.127 e. The summed E-state index contributed by atoms with van der Waals surface area (Å²) in [5.41, 5.74) is 2.56. The highest BCUT2D eigenvalue weighted by molar-refractivity contribution is 5.40. The van der Waals surface area contributed by atoms with Crippen molar-refractivity contribution in [2.45, 2.75) is 65.5 Å². The molecule has 0 radical (unpaired) electrons. The summed E-state index contributed by atoms with van der Waals surface area (Å²) in [6.07, 6.45) is 6.83. The Bertz CT molecular complexity index is 408. The molecule has 2 rings (SSSR count). The van der Waals surface area contributed by atoms with Crippen molar-refractivity contribution in [1.29, 1.82) is 0 Å². The molecular weight excluding hydrogens is 246 g/mol. The van der Waals surface area contributed by atoms with Crippen LogP contribution < -0.4 is 10.1 Å². The van der Waals surface area contributed by atoms with Crippen molar-refractivity contribution in [1.82, 2.24) is 5.32 Å². The van der Waals surface area contributed by atoms with Gasteiger partial charge in [0.15, 0.2) is 0 Å². The highest BCUT2D eigenvalue weighted by Gasteiger charge is 2.22. The predicted molar refractivity (Wildman–Crippen MR) is 85.2 cm³/mol. The minimum Gasteiger partial charge on any atom is -0.490 e. The Morgan fingerprint density at radius 2 is 1.90 bits per heavy atom. The highest BCUT2D eigenvalue weighted by Crippen LogP contribution is 2.32. The second-order valence-electron chi connectivity index (χ2n) is 6.01. The first-order valence-electron chi connectivity index (χ1n) is 8.20. The number of aryl methyl sites for hydroxylation is 1. The molecule has 0 bridgehead atoms. The SMILES string of the molecule is CCNCc1cccc(C)c1OC1CCC(CC)CC1. The van der Waals surface area contributed by atoms with Gasteiger partial charge in [-0.3, -0.25) is 0 Å². The third kappa shape index (κ3) is 3.99. The van der Waals surface area contributed by atoms with Crippen LogP contribution in [0, 0.1) is 12.8 Å². The molecule has 0 unspecified atom stereocenters. The molecular formula is C18H29NO. The molecule has 0 atom stereocenters. The Hall–Kier alpha value is -1.02. The molecule has 0 heterocycles. The third-order valence-electron chi connectivity index (χ3n) is 4.51. The second-order valence-corrected chi connectivity index (χ2v) is 6.01. The van der Waals surface area contributed by atoms with Gasteiger partial charge in [-0.15, -0.1) is 0 Å². The Labute approximate surface area is 123 Å². The van der Waals surface area contributed by atoms with E-state index in [1.54, 1.807) is 0 Å². The lowest BCUT2D eigenvalue weighted by Crippen LogP contribution is -2.25. The van der Waals surface area contributed by atoms with Crippen molar-refractivity contribution < 1.29 is 4.74 Å². The Kier molecular flexibility index (Phi) is 5.90. The van der Waals surface area contributed by atoms with Gasteiger partial charge in [0.2, 0.25) is 0 Å². The normalized spacial score (nSPS) is 22.8. The first-order valence-corrected chi connectivity index (χ1v) is 8.20. The monoisotopic (exact) mass is 275 g/mol. The van der Waals surface area contributed by atoms with E-state index in [0.29, 0.717) is 6.10 Å². The van der Waals surface area contributed by atoms with E-state index in [1.807, 2.05) is 0 Å². The maximum atomic E-state index is 6.37. The van der Waals surface area contributed by atoms with Gasteiger partial charge in [0.25, 0.3) is 0 Å². The molecule has 0 aliphatic heterocycles. The van der Waals surface area contributed by atoms with Crippen molar-refractivity contribution >= 4 is 0 Å². The lowest BCUT2D eigenvalue weighted by Gasteiger charge is -2.29. The van der Waals surface area contributed by atoms with Crippen LogP contribution >= 0.6 is 0 Å². The number of para-hydroxylation sites is 1. The summed E-state index contributed by atoms with van der Waals surface area (Å²) in [5, 5.41) is 3.41. The van der Waals surface area contributed by atoms with E-state index < -0.39 is 0 Å². The first kappa shape index (κ1) is 15.4. The molecule has 1 saturated carbocycles. The van der Waals surface area contributed by atoms with Gasteiger partial charge in [0.05, 0.1) is 6.10 Å². The van der Waals surface area contributed by atoms with Gasteiger partial charge in [-0.1, -0.05) is 38.5 Å². The van der Waals surface area contributed by atoms with Gasteiger partial charge >= 0.3 is 0 Å². The van der Waals surface area contributed by atoms with Crippen LogP contribution in [0.2, 0.25) is 0 Å². The molecule has 1 aliphatic carbocycles. The Balaban J connectivity index is 2.01. The molecule has 1 N–H and O–H groups in total. The van der Waals surface area contributed by atoms with E-state index in [0.717, 1.165) is 24.8 Å². The zero-order chi connectivity index (χ0) is 14.4. The number of nitrogens with one attached hydrogen (secondary N) is 1. The number of hydrogen-bond acceptors (Lipinski definition) is 2. The van der Waals surface area contributed by atoms with Crippen LogP contribution in [-0.4, -0.2) is 12.6 Å². The fourth-order valence-electron chi connectivity index (χ4n) is 3.11. The number of ether oxygens (including phenoxy) is 1. The molecule has 1 aromatic carbocycles. The molecule has 0 amide bonds. The average molecular weight is 275 g/mol. The molecule has 1 fully saturated rings. The van der Waals surface area contributed by atoms with Crippen LogP contribution in [0.5, 0.6) is 5.75 Å². The van der Waals surface area contributed by atoms with Gasteiger partial charge in [-0.2, -0.15) is 0 Å². The summed E-state index contributed by atoms with van der Waals surface area (Å²) >= 11 is 0. The predicted octanol–water partition coefficient (Wildman–Crippen LogP) is 4.45. The summed E-state index contributed by atoms with van der Waals surface area (Å²) < 4.78 is 6.37. The summed E-state index contributed by atoms with van der Waals surface area (Å²) in [6, 6.07) is 6.47. The van der Waals surface area contributed by atoms with Gasteiger partial charge in [-0.05, 0) is 50.6 Å². The van der Waals surface area contributed by atoms with E-state index in [2.05, 4.69) is 44.3 Å². The van der Waals surface area contributed by atoms with E-state index >= 15 is 0 Å². The van der Waals surface area contributed by atoms with Gasteiger partial charge in [0, 0.05) is 12.1 Å². The van der Waals surface area contributed by atoms with Crippen LogP contribution in [-0.2, 0) is 6.54 Å². The standard InChI is InChI=1S/C18H29NO/c1-4-15-9-11-17(12-10-15)20-18-14(3)7-6-8-16(18)13-19-5-2/h6-8,15,17,19H,4-5,9-13H2,1-3H3. The highest BCUT2D eigenvalue weighted by atomic mass is 16.5. The van der Waals surface area contributed by atoms with Crippen LogP contribution in [0.4, 0.5) is 0 Å². The van der Waals surface area contributed by atoms with Crippen molar-refractivity contribution in [3.05, 3.63) is 29.3 Å². The first-order chi connectivity index (χ1) is 9.74. The van der Waals surface area contributed by atoms with Crippen LogP contribution in [0.25, 0.3) is 0 Å². The Morgan fingerprint density at radius 1 is 1.15 bits per heavy atom. The van der Waals surface area contributed by atoms with Gasteiger partial charge in [-0.25, -0.2) is 0 Å². The summed E-state index contributed by atoms with van der Waals surface area (Å²) in [4.78, 5) is 0. The average Bonchev–Trinajstić information content (AvgIpc) is 2.48. The van der Waals surface area contributed by atoms with Crippen LogP contribution in [0.3, 0.4) is 0 Å². The fourth-order valence-corrected chi connectivity index (χ4v) is 3.11. The maximum Gasteiger partial charge on any atom is 0.127 e. The molecule has 0 saturated heterocycles. The van der Waals surface area contributed by atoms with Gasteiger partial charge in [0.1, 0.15) is 5.75 Å². The Morgan fingerprint density at radius 3 is 2.55 bits per heavy atom. The molecule has 1 aromatic rings. The molecule has 112 valence electrons. The van der Waals surface area contributed by atoms with E-state index in [-0.39, 0.29) is 0 Å². The number of rotatable bonds is 6. The number of hydrogen-bond donors (Lipinski definition) is 1. The van der Waals surface area contributed by atoms with E-state index in [4.69, 9.17) is 4.74 Å². The van der Waals surface area contributed by atoms with Crippen molar-refractivity contribution in [2.75, 3.05) is 6.54 Å². The summed E-state index contributed by atoms with van der Waals surface area (Å²) in [7, 11) is 0. The van der Waals surface area contributed by atoms with Crippen LogP contribution in [0.15, 0.2) is 18.2 Å². The van der Waals surface area contributed by atoms with E-state index in [9.17, 15) is 0 Å². The molecule has 2 nitrogen and oxygen atoms in total. The zero-order valence-corrected chi connectivity index (χ0v) is 13.2. The molecule has 1 aliphatic rings. The summed E-state index contributed by atoms with van der Waals surface area (Å²) in [5.74, 6) is 2.04. The molecule has 0 spiro atoms. The second kappa shape index (κ2) is 7.68. The van der Waals surface area contributed by atoms with Gasteiger partial charge < -0.3 is 10.1 Å². The molecule has 20 heavy (non-hydrogen) atoms. The summed E-state index contributed by atoms with van der Waals surface area (Å²) in [6.45, 7) is 8.50. The third-order valence-corrected chi connectivity index (χ3v) is 4.51. The largest absolute Gasteiger partial charge is 0.490 e. The minimum atomic E-state index is 0.416.